The minimum atomic E-state index is -0.456. The summed E-state index contributed by atoms with van der Waals surface area (Å²) in [5.41, 5.74) is 2.12. The summed E-state index contributed by atoms with van der Waals surface area (Å²) in [6.45, 7) is 2.18. The Balaban J connectivity index is 1.70. The van der Waals surface area contributed by atoms with Crippen molar-refractivity contribution < 1.29 is 14.0 Å². The van der Waals surface area contributed by atoms with Crippen molar-refractivity contribution in [2.75, 3.05) is 16.8 Å². The number of amides is 2. The standard InChI is InChI=1S/C18H16ClFN2O2/c1-11-2-7-15(9-16(11)19)22-10-12(8-17(22)23)18(24)21-14-5-3-13(20)4-6-14/h2-7,9,12H,8,10H2,1H3,(H,21,24). The fraction of sp³-hybridized carbons (Fsp3) is 0.222. The van der Waals surface area contributed by atoms with Crippen LogP contribution in [0.4, 0.5) is 15.8 Å². The van der Waals surface area contributed by atoms with E-state index in [2.05, 4.69) is 5.32 Å². The quantitative estimate of drug-likeness (QED) is 0.919. The van der Waals surface area contributed by atoms with Gasteiger partial charge in [-0.2, -0.15) is 0 Å². The molecule has 0 radical (unpaired) electrons. The molecule has 6 heteroatoms. The van der Waals surface area contributed by atoms with Crippen LogP contribution in [0.2, 0.25) is 5.02 Å². The fourth-order valence-electron chi connectivity index (χ4n) is 2.66. The molecule has 24 heavy (non-hydrogen) atoms. The van der Waals surface area contributed by atoms with E-state index in [4.69, 9.17) is 11.6 Å². The minimum absolute atomic E-state index is 0.117. The number of nitrogens with zero attached hydrogens (tertiary/aromatic N) is 1. The average Bonchev–Trinajstić information content (AvgIpc) is 2.94. The lowest BCUT2D eigenvalue weighted by atomic mass is 10.1. The lowest BCUT2D eigenvalue weighted by Crippen LogP contribution is -2.28. The van der Waals surface area contributed by atoms with Crippen molar-refractivity contribution in [3.05, 3.63) is 58.9 Å². The number of hydrogen-bond acceptors (Lipinski definition) is 2. The minimum Gasteiger partial charge on any atom is -0.326 e. The Morgan fingerprint density at radius 1 is 1.25 bits per heavy atom. The number of rotatable bonds is 3. The molecule has 1 aliphatic rings. The zero-order valence-electron chi connectivity index (χ0n) is 13.1. The zero-order valence-corrected chi connectivity index (χ0v) is 13.8. The topological polar surface area (TPSA) is 49.4 Å². The lowest BCUT2D eigenvalue weighted by Gasteiger charge is -2.17. The molecular weight excluding hydrogens is 331 g/mol. The normalized spacial score (nSPS) is 17.2. The van der Waals surface area contributed by atoms with Crippen LogP contribution < -0.4 is 10.2 Å². The Bertz CT molecular complexity index is 792. The Labute approximate surface area is 144 Å². The van der Waals surface area contributed by atoms with Gasteiger partial charge in [-0.3, -0.25) is 9.59 Å². The first-order valence-corrected chi connectivity index (χ1v) is 7.95. The molecule has 1 saturated heterocycles. The molecule has 2 aromatic carbocycles. The number of anilines is 2. The summed E-state index contributed by atoms with van der Waals surface area (Å²) in [6, 6.07) is 10.9. The van der Waals surface area contributed by atoms with E-state index < -0.39 is 5.92 Å². The lowest BCUT2D eigenvalue weighted by molar-refractivity contribution is -0.122. The van der Waals surface area contributed by atoms with E-state index in [0.29, 0.717) is 22.9 Å². The van der Waals surface area contributed by atoms with Gasteiger partial charge in [-0.25, -0.2) is 4.39 Å². The second-order valence-corrected chi connectivity index (χ2v) is 6.24. The van der Waals surface area contributed by atoms with E-state index >= 15 is 0 Å². The maximum atomic E-state index is 12.9. The molecule has 1 atom stereocenters. The molecule has 124 valence electrons. The molecule has 0 spiro atoms. The van der Waals surface area contributed by atoms with Crippen molar-refractivity contribution in [2.45, 2.75) is 13.3 Å². The van der Waals surface area contributed by atoms with Crippen molar-refractivity contribution >= 4 is 34.8 Å². The van der Waals surface area contributed by atoms with E-state index in [1.807, 2.05) is 19.1 Å². The zero-order chi connectivity index (χ0) is 17.3. The van der Waals surface area contributed by atoms with Crippen LogP contribution in [0.3, 0.4) is 0 Å². The van der Waals surface area contributed by atoms with Gasteiger partial charge in [0.25, 0.3) is 0 Å². The van der Waals surface area contributed by atoms with E-state index in [1.165, 1.54) is 24.3 Å². The predicted octanol–water partition coefficient (Wildman–Crippen LogP) is 3.78. The molecule has 1 N–H and O–H groups in total. The monoisotopic (exact) mass is 346 g/mol. The Morgan fingerprint density at radius 3 is 2.62 bits per heavy atom. The van der Waals surface area contributed by atoms with Gasteiger partial charge in [0.05, 0.1) is 5.92 Å². The van der Waals surface area contributed by atoms with E-state index in [0.717, 1.165) is 5.56 Å². The van der Waals surface area contributed by atoms with Crippen LogP contribution in [-0.2, 0) is 9.59 Å². The number of carbonyl (C=O) groups excluding carboxylic acids is 2. The van der Waals surface area contributed by atoms with Crippen LogP contribution in [0.1, 0.15) is 12.0 Å². The molecule has 3 rings (SSSR count). The molecule has 1 heterocycles. The van der Waals surface area contributed by atoms with E-state index in [-0.39, 0.29) is 24.1 Å². The average molecular weight is 347 g/mol. The molecule has 1 fully saturated rings. The van der Waals surface area contributed by atoms with E-state index in [9.17, 15) is 14.0 Å². The Kier molecular flexibility index (Phi) is 4.53. The Morgan fingerprint density at radius 2 is 1.96 bits per heavy atom. The van der Waals surface area contributed by atoms with Gasteiger partial charge in [-0.1, -0.05) is 17.7 Å². The molecule has 0 saturated carbocycles. The van der Waals surface area contributed by atoms with Crippen LogP contribution in [-0.4, -0.2) is 18.4 Å². The summed E-state index contributed by atoms with van der Waals surface area (Å²) in [5, 5.41) is 3.30. The first-order chi connectivity index (χ1) is 11.4. The van der Waals surface area contributed by atoms with Gasteiger partial charge >= 0.3 is 0 Å². The van der Waals surface area contributed by atoms with Crippen LogP contribution in [0.15, 0.2) is 42.5 Å². The van der Waals surface area contributed by atoms with Gasteiger partial charge in [0.2, 0.25) is 11.8 Å². The van der Waals surface area contributed by atoms with Gasteiger partial charge in [-0.15, -0.1) is 0 Å². The van der Waals surface area contributed by atoms with Crippen LogP contribution in [0, 0.1) is 18.7 Å². The third-order valence-corrected chi connectivity index (χ3v) is 4.48. The van der Waals surface area contributed by atoms with Crippen molar-refractivity contribution in [3.63, 3.8) is 0 Å². The molecule has 0 aliphatic carbocycles. The van der Waals surface area contributed by atoms with Gasteiger partial charge in [0, 0.05) is 29.4 Å². The highest BCUT2D eigenvalue weighted by atomic mass is 35.5. The third kappa shape index (κ3) is 3.41. The number of nitrogens with one attached hydrogen (secondary N) is 1. The molecular formula is C18H16ClFN2O2. The predicted molar refractivity (Wildman–Crippen MR) is 91.7 cm³/mol. The summed E-state index contributed by atoms with van der Waals surface area (Å²) < 4.78 is 12.9. The SMILES string of the molecule is Cc1ccc(N2CC(C(=O)Nc3ccc(F)cc3)CC2=O)cc1Cl. The largest absolute Gasteiger partial charge is 0.326 e. The maximum Gasteiger partial charge on any atom is 0.229 e. The molecule has 2 aromatic rings. The summed E-state index contributed by atoms with van der Waals surface area (Å²) in [7, 11) is 0. The highest BCUT2D eigenvalue weighted by Gasteiger charge is 2.35. The molecule has 1 aliphatic heterocycles. The highest BCUT2D eigenvalue weighted by molar-refractivity contribution is 6.31. The molecule has 1 unspecified atom stereocenters. The van der Waals surface area contributed by atoms with Crippen molar-refractivity contribution in [2.24, 2.45) is 5.92 Å². The second kappa shape index (κ2) is 6.61. The summed E-state index contributed by atoms with van der Waals surface area (Å²) >= 11 is 6.11. The number of aryl methyl sites for hydroxylation is 1. The van der Waals surface area contributed by atoms with Crippen LogP contribution in [0.5, 0.6) is 0 Å². The van der Waals surface area contributed by atoms with Crippen molar-refractivity contribution in [3.8, 4) is 0 Å². The van der Waals surface area contributed by atoms with E-state index in [1.54, 1.807) is 11.0 Å². The number of carbonyl (C=O) groups is 2. The second-order valence-electron chi connectivity index (χ2n) is 5.84. The van der Waals surface area contributed by atoms with Crippen molar-refractivity contribution in [1.29, 1.82) is 0 Å². The summed E-state index contributed by atoms with van der Waals surface area (Å²) in [6.07, 6.45) is 0.137. The number of benzene rings is 2. The third-order valence-electron chi connectivity index (χ3n) is 4.07. The first-order valence-electron chi connectivity index (χ1n) is 7.57. The Hall–Kier alpha value is -2.40. The smallest absolute Gasteiger partial charge is 0.229 e. The maximum absolute atomic E-state index is 12.9. The molecule has 0 bridgehead atoms. The number of hydrogen-bond donors (Lipinski definition) is 1. The van der Waals surface area contributed by atoms with Gasteiger partial charge in [0.15, 0.2) is 0 Å². The first kappa shape index (κ1) is 16.5. The van der Waals surface area contributed by atoms with Gasteiger partial charge < -0.3 is 10.2 Å². The molecule has 2 amide bonds. The summed E-state index contributed by atoms with van der Waals surface area (Å²) in [4.78, 5) is 26.1. The molecule has 0 aromatic heterocycles. The summed E-state index contributed by atoms with van der Waals surface area (Å²) in [5.74, 6) is -1.20. The van der Waals surface area contributed by atoms with Crippen molar-refractivity contribution in [1.82, 2.24) is 0 Å². The fourth-order valence-corrected chi connectivity index (χ4v) is 2.83. The van der Waals surface area contributed by atoms with Crippen LogP contribution >= 0.6 is 11.6 Å². The van der Waals surface area contributed by atoms with Crippen LogP contribution in [0.25, 0.3) is 0 Å². The highest BCUT2D eigenvalue weighted by Crippen LogP contribution is 2.29. The van der Waals surface area contributed by atoms with Gasteiger partial charge in [-0.05, 0) is 48.9 Å². The number of halogens is 2. The van der Waals surface area contributed by atoms with Gasteiger partial charge in [0.1, 0.15) is 5.82 Å². The molecule has 4 nitrogen and oxygen atoms in total.